The number of anilines is 1. The van der Waals surface area contributed by atoms with Gasteiger partial charge in [-0.1, -0.05) is 13.0 Å². The number of halogens is 1. The van der Waals surface area contributed by atoms with Gasteiger partial charge in [-0.3, -0.25) is 14.3 Å². The van der Waals surface area contributed by atoms with Crippen molar-refractivity contribution in [3.63, 3.8) is 0 Å². The van der Waals surface area contributed by atoms with Crippen molar-refractivity contribution in [3.8, 4) is 11.1 Å². The Morgan fingerprint density at radius 2 is 1.80 bits per heavy atom. The summed E-state index contributed by atoms with van der Waals surface area (Å²) in [6, 6.07) is 7.42. The van der Waals surface area contributed by atoms with Crippen LogP contribution in [0.25, 0.3) is 22.0 Å². The van der Waals surface area contributed by atoms with Crippen LogP contribution in [0.15, 0.2) is 41.3 Å². The van der Waals surface area contributed by atoms with E-state index in [1.807, 2.05) is 59.0 Å². The van der Waals surface area contributed by atoms with Gasteiger partial charge in [0.05, 0.1) is 11.6 Å². The maximum absolute atomic E-state index is 13.0. The van der Waals surface area contributed by atoms with Crippen molar-refractivity contribution in [2.24, 2.45) is 5.92 Å². The van der Waals surface area contributed by atoms with Gasteiger partial charge in [0, 0.05) is 43.9 Å². The fourth-order valence-electron chi connectivity index (χ4n) is 5.09. The molecule has 214 valence electrons. The van der Waals surface area contributed by atoms with Gasteiger partial charge in [0.2, 0.25) is 5.91 Å². The Morgan fingerprint density at radius 3 is 2.41 bits per heavy atom. The maximum atomic E-state index is 13.0. The summed E-state index contributed by atoms with van der Waals surface area (Å²) in [5, 5.41) is 8.17. The van der Waals surface area contributed by atoms with E-state index in [1.54, 1.807) is 22.0 Å². The highest BCUT2D eigenvalue weighted by molar-refractivity contribution is 9.10. The number of hydrogen-bond acceptors (Lipinski definition) is 8. The van der Waals surface area contributed by atoms with Gasteiger partial charge in [-0.05, 0) is 83.9 Å². The summed E-state index contributed by atoms with van der Waals surface area (Å²) in [6.45, 7) is 9.80. The molecule has 2 atom stereocenters. The van der Waals surface area contributed by atoms with Crippen molar-refractivity contribution in [3.05, 3.63) is 63.9 Å². The average molecular weight is 621 g/mol. The highest BCUT2D eigenvalue weighted by atomic mass is 79.9. The molecule has 0 spiro atoms. The van der Waals surface area contributed by atoms with Gasteiger partial charge in [-0.25, -0.2) is 15.0 Å². The summed E-state index contributed by atoms with van der Waals surface area (Å²) in [5.74, 6) is 1.55. The Hall–Kier alpha value is -3.99. The first-order chi connectivity index (χ1) is 19.5. The number of nitrogens with one attached hydrogen (secondary N) is 1. The number of rotatable bonds is 6. The minimum atomic E-state index is -0.397. The third kappa shape index (κ3) is 6.67. The molecule has 0 saturated carbocycles. The molecule has 11 heteroatoms. The molecule has 2 unspecified atom stereocenters. The molecule has 41 heavy (non-hydrogen) atoms. The van der Waals surface area contributed by atoms with Crippen LogP contribution >= 0.6 is 15.9 Å². The summed E-state index contributed by atoms with van der Waals surface area (Å²) in [4.78, 5) is 51.0. The van der Waals surface area contributed by atoms with Crippen molar-refractivity contribution in [1.29, 1.82) is 0 Å². The van der Waals surface area contributed by atoms with E-state index in [-0.39, 0.29) is 24.2 Å². The first-order valence-electron chi connectivity index (χ1n) is 13.4. The van der Waals surface area contributed by atoms with Crippen LogP contribution in [0.3, 0.4) is 0 Å². The zero-order valence-electron chi connectivity index (χ0n) is 24.1. The second-order valence-electron chi connectivity index (χ2n) is 10.4. The fourth-order valence-corrected chi connectivity index (χ4v) is 5.40. The summed E-state index contributed by atoms with van der Waals surface area (Å²) in [6.07, 6.45) is 5.01. The van der Waals surface area contributed by atoms with Crippen molar-refractivity contribution in [2.75, 3.05) is 18.9 Å². The van der Waals surface area contributed by atoms with Gasteiger partial charge in [0.25, 0.3) is 0 Å². The summed E-state index contributed by atoms with van der Waals surface area (Å²) in [7, 11) is 1.86. The maximum Gasteiger partial charge on any atom is 0.244 e. The molecule has 0 radical (unpaired) electrons. The first kappa shape index (κ1) is 30.0. The minimum absolute atomic E-state index is 0.0192. The van der Waals surface area contributed by atoms with E-state index in [4.69, 9.17) is 0 Å². The monoisotopic (exact) mass is 619 g/mol. The molecule has 1 fully saturated rings. The molecular formula is C30H34BrN7O3. The second-order valence-corrected chi connectivity index (χ2v) is 11.2. The summed E-state index contributed by atoms with van der Waals surface area (Å²) >= 11 is 3.29. The molecule has 10 nitrogen and oxygen atoms in total. The lowest BCUT2D eigenvalue weighted by molar-refractivity contribution is -0.135. The van der Waals surface area contributed by atoms with E-state index < -0.39 is 6.04 Å². The average Bonchev–Trinajstić information content (AvgIpc) is 3.51. The first-order valence-corrected chi connectivity index (χ1v) is 14.2. The number of carbonyl (C=O) groups excluding carboxylic acids is 3. The van der Waals surface area contributed by atoms with E-state index in [0.717, 1.165) is 44.5 Å². The smallest absolute Gasteiger partial charge is 0.244 e. The Labute approximate surface area is 247 Å². The van der Waals surface area contributed by atoms with Crippen LogP contribution in [0.2, 0.25) is 0 Å². The highest BCUT2D eigenvalue weighted by Gasteiger charge is 2.33. The molecule has 3 aromatic heterocycles. The molecule has 1 saturated heterocycles. The molecule has 0 bridgehead atoms. The van der Waals surface area contributed by atoms with Crippen LogP contribution in [0.1, 0.15) is 47.7 Å². The van der Waals surface area contributed by atoms with E-state index in [2.05, 4.69) is 41.3 Å². The van der Waals surface area contributed by atoms with Crippen molar-refractivity contribution in [1.82, 2.24) is 29.6 Å². The van der Waals surface area contributed by atoms with Gasteiger partial charge >= 0.3 is 0 Å². The van der Waals surface area contributed by atoms with Gasteiger partial charge < -0.3 is 15.0 Å². The predicted octanol–water partition coefficient (Wildman–Crippen LogP) is 4.94. The largest absolute Gasteiger partial charge is 0.373 e. The van der Waals surface area contributed by atoms with E-state index in [1.165, 1.54) is 6.92 Å². The number of ketones is 1. The van der Waals surface area contributed by atoms with Crippen LogP contribution in [0.4, 0.5) is 5.82 Å². The number of fused-ring (bicyclic) bond motifs is 1. The van der Waals surface area contributed by atoms with Crippen LogP contribution in [0.5, 0.6) is 0 Å². The van der Waals surface area contributed by atoms with Gasteiger partial charge in [-0.2, -0.15) is 5.10 Å². The summed E-state index contributed by atoms with van der Waals surface area (Å²) in [5.41, 5.74) is 4.84. The molecule has 0 aliphatic carbocycles. The SMILES string of the molecule is CC(=O)c1nn(CC(=O)N2CC(C)CC2C=O)c2c(C)cc(-c3cnc(C)nc3)cc12.CNc1nc(Br)ccc1C. The van der Waals surface area contributed by atoms with Crippen LogP contribution in [-0.2, 0) is 16.1 Å². The van der Waals surface area contributed by atoms with Gasteiger partial charge in [-0.15, -0.1) is 0 Å². The van der Waals surface area contributed by atoms with Gasteiger partial charge in [0.1, 0.15) is 34.8 Å². The quantitative estimate of drug-likeness (QED) is 0.183. The topological polar surface area (TPSA) is 123 Å². The molecule has 1 aromatic carbocycles. The number of pyridine rings is 1. The minimum Gasteiger partial charge on any atom is -0.373 e. The third-order valence-electron chi connectivity index (χ3n) is 7.10. The summed E-state index contributed by atoms with van der Waals surface area (Å²) < 4.78 is 2.45. The number of Topliss-reactive ketones (excluding diaryl/α,β-unsaturated/α-hetero) is 1. The molecule has 4 heterocycles. The predicted molar refractivity (Wildman–Crippen MR) is 162 cm³/mol. The Morgan fingerprint density at radius 1 is 1.10 bits per heavy atom. The van der Waals surface area contributed by atoms with Crippen molar-refractivity contribution in [2.45, 2.75) is 53.6 Å². The number of aldehydes is 1. The Kier molecular flexibility index (Phi) is 9.27. The number of aryl methyl sites for hydroxylation is 3. The van der Waals surface area contributed by atoms with Gasteiger partial charge in [0.15, 0.2) is 5.78 Å². The molecule has 1 aliphatic rings. The Balaban J connectivity index is 0.000000328. The highest BCUT2D eigenvalue weighted by Crippen LogP contribution is 2.30. The van der Waals surface area contributed by atoms with Crippen molar-refractivity contribution < 1.29 is 14.4 Å². The third-order valence-corrected chi connectivity index (χ3v) is 7.54. The fraction of sp³-hybridized carbons (Fsp3) is 0.367. The molecule has 1 N–H and O–H groups in total. The standard InChI is InChI=1S/C23H25N5O3.C7H9BrN2/c1-13-5-19(12-29)27(10-13)21(31)11-28-23-14(2)6-17(18-8-24-16(4)25-9-18)7-20(23)22(26-28)15(3)30;1-5-3-4-6(8)10-7(5)9-2/h6-9,12-13,19H,5,10-11H2,1-4H3;3-4H,1-2H3,(H,9,10). The lowest BCUT2D eigenvalue weighted by Crippen LogP contribution is -2.39. The lowest BCUT2D eigenvalue weighted by Gasteiger charge is -2.20. The van der Waals surface area contributed by atoms with E-state index >= 15 is 0 Å². The number of amides is 1. The van der Waals surface area contributed by atoms with Crippen LogP contribution in [0, 0.1) is 26.7 Å². The van der Waals surface area contributed by atoms with Crippen molar-refractivity contribution >= 4 is 50.6 Å². The zero-order chi connectivity index (χ0) is 29.8. The number of benzene rings is 1. The molecule has 4 aromatic rings. The van der Waals surface area contributed by atoms with E-state index in [9.17, 15) is 14.4 Å². The molecule has 5 rings (SSSR count). The lowest BCUT2D eigenvalue weighted by atomic mass is 10.0. The molecule has 1 amide bonds. The molecule has 1 aliphatic heterocycles. The number of hydrogen-bond donors (Lipinski definition) is 1. The van der Waals surface area contributed by atoms with Crippen LogP contribution < -0.4 is 5.32 Å². The normalized spacial score (nSPS) is 16.3. The van der Waals surface area contributed by atoms with Crippen LogP contribution in [-0.4, -0.2) is 67.2 Å². The number of nitrogens with zero attached hydrogens (tertiary/aromatic N) is 6. The zero-order valence-corrected chi connectivity index (χ0v) is 25.7. The Bertz CT molecular complexity index is 1600. The van der Waals surface area contributed by atoms with E-state index in [0.29, 0.717) is 29.9 Å². The molecular weight excluding hydrogens is 586 g/mol. The number of carbonyl (C=O) groups is 3. The number of aromatic nitrogens is 5. The number of likely N-dealkylation sites (tertiary alicyclic amines) is 1. The second kappa shape index (κ2) is 12.7.